The molecule has 0 aliphatic carbocycles. The molecule has 0 radical (unpaired) electrons. The van der Waals surface area contributed by atoms with Crippen molar-refractivity contribution in [3.8, 4) is 0 Å². The molecule has 0 saturated carbocycles. The van der Waals surface area contributed by atoms with Gasteiger partial charge in [0, 0.05) is 6.61 Å². The Balaban J connectivity index is 3.30. The summed E-state index contributed by atoms with van der Waals surface area (Å²) in [6.07, 6.45) is 5.28. The summed E-state index contributed by atoms with van der Waals surface area (Å²) in [6, 6.07) is 0. The highest BCUT2D eigenvalue weighted by atomic mass is 16.2. The second-order valence-electron chi connectivity index (χ2n) is 2.31. The Morgan fingerprint density at radius 1 is 1.56 bits per heavy atom. The van der Waals surface area contributed by atoms with Crippen molar-refractivity contribution in [2.24, 2.45) is 0 Å². The molecule has 0 unspecified atom stereocenters. The molecule has 0 spiro atoms. The van der Waals surface area contributed by atoms with Crippen molar-refractivity contribution in [2.45, 2.75) is 33.1 Å². The molecule has 0 heterocycles. The van der Waals surface area contributed by atoms with Gasteiger partial charge in [-0.3, -0.25) is 0 Å². The standard InChI is InChI=1S/C8H16O/c1-3-5-8(2)6-4-7-9/h6,9H,3-5,7H2,1-2H3/b8-6-. The van der Waals surface area contributed by atoms with E-state index in [0.717, 1.165) is 6.42 Å². The van der Waals surface area contributed by atoms with Gasteiger partial charge in [-0.2, -0.15) is 0 Å². The first-order valence-electron chi connectivity index (χ1n) is 3.57. The molecule has 0 aliphatic rings. The van der Waals surface area contributed by atoms with Crippen LogP contribution in [0, 0.1) is 0 Å². The molecule has 0 aromatic heterocycles. The Labute approximate surface area is 57.4 Å². The summed E-state index contributed by atoms with van der Waals surface area (Å²) in [5.74, 6) is 0. The summed E-state index contributed by atoms with van der Waals surface area (Å²) < 4.78 is 0. The Hall–Kier alpha value is -0.300. The van der Waals surface area contributed by atoms with E-state index >= 15 is 0 Å². The number of rotatable bonds is 4. The fraction of sp³-hybridized carbons (Fsp3) is 0.750. The van der Waals surface area contributed by atoms with Crippen molar-refractivity contribution in [3.63, 3.8) is 0 Å². The lowest BCUT2D eigenvalue weighted by Gasteiger charge is -1.94. The number of hydrogen-bond donors (Lipinski definition) is 1. The van der Waals surface area contributed by atoms with E-state index < -0.39 is 0 Å². The lowest BCUT2D eigenvalue weighted by atomic mass is 10.1. The van der Waals surface area contributed by atoms with Crippen LogP contribution in [0.3, 0.4) is 0 Å². The largest absolute Gasteiger partial charge is 0.396 e. The third-order valence-electron chi connectivity index (χ3n) is 1.27. The van der Waals surface area contributed by atoms with Gasteiger partial charge in [0.05, 0.1) is 0 Å². The van der Waals surface area contributed by atoms with Crippen LogP contribution in [0.25, 0.3) is 0 Å². The molecule has 54 valence electrons. The molecule has 1 N–H and O–H groups in total. The second kappa shape index (κ2) is 5.83. The monoisotopic (exact) mass is 128 g/mol. The smallest absolute Gasteiger partial charge is 0.0465 e. The molecule has 1 nitrogen and oxygen atoms in total. The molecule has 9 heavy (non-hydrogen) atoms. The maximum Gasteiger partial charge on any atom is 0.0465 e. The van der Waals surface area contributed by atoms with E-state index in [1.165, 1.54) is 18.4 Å². The third-order valence-corrected chi connectivity index (χ3v) is 1.27. The SMILES string of the molecule is CCC/C(C)=C\CCO. The predicted octanol–water partition coefficient (Wildman–Crippen LogP) is 2.12. The lowest BCUT2D eigenvalue weighted by molar-refractivity contribution is 0.302. The number of aliphatic hydroxyl groups excluding tert-OH is 1. The van der Waals surface area contributed by atoms with Gasteiger partial charge in [-0.15, -0.1) is 0 Å². The van der Waals surface area contributed by atoms with Gasteiger partial charge in [-0.25, -0.2) is 0 Å². The molecular formula is C8H16O. The summed E-state index contributed by atoms with van der Waals surface area (Å²) in [5.41, 5.74) is 1.39. The maximum atomic E-state index is 8.44. The molecule has 0 aliphatic heterocycles. The summed E-state index contributed by atoms with van der Waals surface area (Å²) in [4.78, 5) is 0. The van der Waals surface area contributed by atoms with Gasteiger partial charge in [-0.1, -0.05) is 25.0 Å². The average Bonchev–Trinajstić information content (AvgIpc) is 1.85. The fourth-order valence-electron chi connectivity index (χ4n) is 0.807. The van der Waals surface area contributed by atoms with Gasteiger partial charge >= 0.3 is 0 Å². The van der Waals surface area contributed by atoms with Crippen LogP contribution in [0.5, 0.6) is 0 Å². The minimum Gasteiger partial charge on any atom is -0.396 e. The average molecular weight is 128 g/mol. The van der Waals surface area contributed by atoms with Crippen molar-refractivity contribution >= 4 is 0 Å². The van der Waals surface area contributed by atoms with E-state index in [2.05, 4.69) is 19.9 Å². The van der Waals surface area contributed by atoms with Crippen LogP contribution in [0.15, 0.2) is 11.6 Å². The molecule has 0 bridgehead atoms. The highest BCUT2D eigenvalue weighted by Gasteiger charge is 1.84. The maximum absolute atomic E-state index is 8.44. The molecule has 0 aromatic rings. The number of hydrogen-bond acceptors (Lipinski definition) is 1. The van der Waals surface area contributed by atoms with Crippen molar-refractivity contribution in [1.82, 2.24) is 0 Å². The van der Waals surface area contributed by atoms with Crippen LogP contribution in [-0.2, 0) is 0 Å². The first kappa shape index (κ1) is 8.70. The summed E-state index contributed by atoms with van der Waals surface area (Å²) in [7, 11) is 0. The van der Waals surface area contributed by atoms with Crippen LogP contribution >= 0.6 is 0 Å². The summed E-state index contributed by atoms with van der Waals surface area (Å²) in [5, 5.41) is 8.44. The zero-order valence-electron chi connectivity index (χ0n) is 6.35. The van der Waals surface area contributed by atoms with Crippen molar-refractivity contribution in [2.75, 3.05) is 6.61 Å². The van der Waals surface area contributed by atoms with Gasteiger partial charge in [-0.05, 0) is 19.8 Å². The molecule has 0 saturated heterocycles. The first-order chi connectivity index (χ1) is 4.31. The highest BCUT2D eigenvalue weighted by molar-refractivity contribution is 4.96. The van der Waals surface area contributed by atoms with E-state index in [4.69, 9.17) is 5.11 Å². The quantitative estimate of drug-likeness (QED) is 0.575. The molecular weight excluding hydrogens is 112 g/mol. The van der Waals surface area contributed by atoms with E-state index in [1.807, 2.05) is 0 Å². The minimum absolute atomic E-state index is 0.279. The molecule has 0 atom stereocenters. The molecule has 0 aromatic carbocycles. The summed E-state index contributed by atoms with van der Waals surface area (Å²) in [6.45, 7) is 4.55. The Kier molecular flexibility index (Phi) is 5.64. The van der Waals surface area contributed by atoms with Crippen LogP contribution in [0.4, 0.5) is 0 Å². The molecule has 0 fully saturated rings. The Morgan fingerprint density at radius 2 is 2.22 bits per heavy atom. The van der Waals surface area contributed by atoms with Gasteiger partial charge in [0.25, 0.3) is 0 Å². The number of allylic oxidation sites excluding steroid dienone is 1. The minimum atomic E-state index is 0.279. The predicted molar refractivity (Wildman–Crippen MR) is 40.4 cm³/mol. The van der Waals surface area contributed by atoms with Gasteiger partial charge in [0.15, 0.2) is 0 Å². The van der Waals surface area contributed by atoms with E-state index in [0.29, 0.717) is 0 Å². The highest BCUT2D eigenvalue weighted by Crippen LogP contribution is 2.03. The van der Waals surface area contributed by atoms with Crippen LogP contribution in [0.2, 0.25) is 0 Å². The lowest BCUT2D eigenvalue weighted by Crippen LogP contribution is -1.80. The Bertz CT molecular complexity index is 84.6. The second-order valence-corrected chi connectivity index (χ2v) is 2.31. The zero-order valence-corrected chi connectivity index (χ0v) is 6.35. The van der Waals surface area contributed by atoms with E-state index in [9.17, 15) is 0 Å². The fourth-order valence-corrected chi connectivity index (χ4v) is 0.807. The van der Waals surface area contributed by atoms with Crippen LogP contribution < -0.4 is 0 Å². The summed E-state index contributed by atoms with van der Waals surface area (Å²) >= 11 is 0. The van der Waals surface area contributed by atoms with Crippen LogP contribution in [-0.4, -0.2) is 11.7 Å². The third kappa shape index (κ3) is 5.57. The number of aliphatic hydroxyl groups is 1. The van der Waals surface area contributed by atoms with Gasteiger partial charge < -0.3 is 5.11 Å². The normalized spacial score (nSPS) is 12.1. The molecule has 1 heteroatoms. The van der Waals surface area contributed by atoms with Crippen LogP contribution in [0.1, 0.15) is 33.1 Å². The topological polar surface area (TPSA) is 20.2 Å². The molecule has 0 amide bonds. The molecule has 0 rings (SSSR count). The first-order valence-corrected chi connectivity index (χ1v) is 3.57. The van der Waals surface area contributed by atoms with Gasteiger partial charge in [0.2, 0.25) is 0 Å². The zero-order chi connectivity index (χ0) is 7.11. The van der Waals surface area contributed by atoms with Crippen molar-refractivity contribution in [1.29, 1.82) is 0 Å². The van der Waals surface area contributed by atoms with E-state index in [-0.39, 0.29) is 6.61 Å². The Morgan fingerprint density at radius 3 is 2.67 bits per heavy atom. The van der Waals surface area contributed by atoms with E-state index in [1.54, 1.807) is 0 Å². The van der Waals surface area contributed by atoms with Crippen molar-refractivity contribution in [3.05, 3.63) is 11.6 Å². The van der Waals surface area contributed by atoms with Gasteiger partial charge in [0.1, 0.15) is 0 Å². The van der Waals surface area contributed by atoms with Crippen molar-refractivity contribution < 1.29 is 5.11 Å².